The minimum atomic E-state index is -0.864. The molecular formula is C18H21ClN2O2. The Labute approximate surface area is 141 Å². The van der Waals surface area contributed by atoms with Gasteiger partial charge in [-0.2, -0.15) is 0 Å². The van der Waals surface area contributed by atoms with E-state index in [1.54, 1.807) is 0 Å². The fourth-order valence-corrected chi connectivity index (χ4v) is 2.61. The minimum Gasteiger partial charge on any atom is -0.465 e. The van der Waals surface area contributed by atoms with Gasteiger partial charge in [0.25, 0.3) is 0 Å². The molecule has 0 saturated heterocycles. The molecule has 0 fully saturated rings. The second kappa shape index (κ2) is 8.02. The van der Waals surface area contributed by atoms with E-state index in [1.165, 1.54) is 5.56 Å². The summed E-state index contributed by atoms with van der Waals surface area (Å²) in [5.41, 5.74) is 8.89. The van der Waals surface area contributed by atoms with Crippen LogP contribution in [0.4, 0.5) is 0 Å². The van der Waals surface area contributed by atoms with E-state index in [1.807, 2.05) is 54.7 Å². The molecule has 0 aliphatic carbocycles. The number of rotatable bonds is 6. The van der Waals surface area contributed by atoms with E-state index in [9.17, 15) is 5.11 Å². The molecule has 1 atom stereocenters. The van der Waals surface area contributed by atoms with Crippen LogP contribution in [0.3, 0.4) is 0 Å². The molecule has 122 valence electrons. The van der Waals surface area contributed by atoms with Crippen LogP contribution >= 0.6 is 12.4 Å². The highest BCUT2D eigenvalue weighted by Crippen LogP contribution is 2.24. The Morgan fingerprint density at radius 1 is 1.13 bits per heavy atom. The predicted octanol–water partition coefficient (Wildman–Crippen LogP) is 3.03. The lowest BCUT2D eigenvalue weighted by molar-refractivity contribution is -0.0157. The van der Waals surface area contributed by atoms with Crippen LogP contribution in [0.1, 0.15) is 11.1 Å². The largest absolute Gasteiger partial charge is 0.465 e. The van der Waals surface area contributed by atoms with Crippen molar-refractivity contribution in [3.05, 3.63) is 65.9 Å². The van der Waals surface area contributed by atoms with E-state index in [0.717, 1.165) is 22.9 Å². The van der Waals surface area contributed by atoms with E-state index in [-0.39, 0.29) is 12.4 Å². The molecule has 4 nitrogen and oxygen atoms in total. The zero-order chi connectivity index (χ0) is 15.4. The van der Waals surface area contributed by atoms with Gasteiger partial charge in [0.2, 0.25) is 6.29 Å². The number of H-pyrrole nitrogens is 1. The third-order valence-corrected chi connectivity index (χ3v) is 3.68. The molecule has 3 aromatic rings. The monoisotopic (exact) mass is 332 g/mol. The van der Waals surface area contributed by atoms with Crippen LogP contribution < -0.4 is 10.5 Å². The zero-order valence-electron chi connectivity index (χ0n) is 12.7. The number of aromatic nitrogens is 1. The summed E-state index contributed by atoms with van der Waals surface area (Å²) in [5.74, 6) is 0.661. The molecule has 0 spiro atoms. The number of aliphatic hydroxyl groups excluding tert-OH is 1. The molecule has 3 rings (SSSR count). The molecule has 4 N–H and O–H groups in total. The summed E-state index contributed by atoms with van der Waals surface area (Å²) in [6, 6.07) is 15.6. The Kier molecular flexibility index (Phi) is 6.04. The Bertz CT molecular complexity index is 743. The van der Waals surface area contributed by atoms with Crippen molar-refractivity contribution < 1.29 is 9.84 Å². The van der Waals surface area contributed by atoms with Gasteiger partial charge >= 0.3 is 0 Å². The van der Waals surface area contributed by atoms with Crippen molar-refractivity contribution in [2.24, 2.45) is 5.73 Å². The van der Waals surface area contributed by atoms with Gasteiger partial charge in [-0.3, -0.25) is 0 Å². The van der Waals surface area contributed by atoms with Gasteiger partial charge in [-0.05, 0) is 42.3 Å². The maximum atomic E-state index is 10.1. The third-order valence-electron chi connectivity index (χ3n) is 3.68. The molecule has 23 heavy (non-hydrogen) atoms. The lowest BCUT2D eigenvalue weighted by Crippen LogP contribution is -2.18. The van der Waals surface area contributed by atoms with E-state index in [0.29, 0.717) is 18.7 Å². The highest BCUT2D eigenvalue weighted by Gasteiger charge is 2.09. The second-order valence-electron chi connectivity index (χ2n) is 5.32. The lowest BCUT2D eigenvalue weighted by atomic mass is 10.1. The zero-order valence-corrected chi connectivity index (χ0v) is 13.6. The minimum absolute atomic E-state index is 0. The first kappa shape index (κ1) is 17.3. The van der Waals surface area contributed by atoms with E-state index < -0.39 is 6.29 Å². The van der Waals surface area contributed by atoms with Gasteiger partial charge in [-0.1, -0.05) is 30.3 Å². The molecule has 0 aliphatic rings. The summed E-state index contributed by atoms with van der Waals surface area (Å²) in [5, 5.41) is 11.2. The van der Waals surface area contributed by atoms with Crippen LogP contribution in [0, 0.1) is 0 Å². The summed E-state index contributed by atoms with van der Waals surface area (Å²) in [7, 11) is 0. The van der Waals surface area contributed by atoms with Crippen LogP contribution in [-0.2, 0) is 12.8 Å². The highest BCUT2D eigenvalue weighted by atomic mass is 35.5. The molecule has 0 aliphatic heterocycles. The first-order valence-electron chi connectivity index (χ1n) is 7.45. The number of ether oxygens (including phenoxy) is 1. The summed E-state index contributed by atoms with van der Waals surface area (Å²) < 4.78 is 5.64. The molecule has 2 aromatic carbocycles. The third kappa shape index (κ3) is 4.26. The number of aromatic amines is 1. The van der Waals surface area contributed by atoms with Gasteiger partial charge in [0.1, 0.15) is 5.75 Å². The normalized spacial score (nSPS) is 11.9. The topological polar surface area (TPSA) is 71.3 Å². The van der Waals surface area contributed by atoms with E-state index in [4.69, 9.17) is 10.5 Å². The summed E-state index contributed by atoms with van der Waals surface area (Å²) in [6.07, 6.45) is 2.39. The number of hydrogen-bond donors (Lipinski definition) is 3. The van der Waals surface area contributed by atoms with Crippen molar-refractivity contribution in [2.45, 2.75) is 19.1 Å². The van der Waals surface area contributed by atoms with Gasteiger partial charge in [-0.25, -0.2) is 0 Å². The molecule has 0 radical (unpaired) electrons. The molecule has 0 bridgehead atoms. The van der Waals surface area contributed by atoms with Crippen molar-refractivity contribution in [2.75, 3.05) is 6.54 Å². The number of halogens is 1. The number of fused-ring (bicyclic) bond motifs is 1. The van der Waals surface area contributed by atoms with Gasteiger partial charge in [0, 0.05) is 23.5 Å². The van der Waals surface area contributed by atoms with Crippen LogP contribution in [-0.4, -0.2) is 22.9 Å². The SMILES string of the molecule is Cl.NCCc1c[nH]c2ccc(OC(O)Cc3ccccc3)cc12. The number of aliphatic hydroxyl groups is 1. The van der Waals surface area contributed by atoms with Gasteiger partial charge < -0.3 is 20.6 Å². The van der Waals surface area contributed by atoms with Gasteiger partial charge in [-0.15, -0.1) is 12.4 Å². The lowest BCUT2D eigenvalue weighted by Gasteiger charge is -2.14. The molecular weight excluding hydrogens is 312 g/mol. The fraction of sp³-hybridized carbons (Fsp3) is 0.222. The fourth-order valence-electron chi connectivity index (χ4n) is 2.61. The highest BCUT2D eigenvalue weighted by molar-refractivity contribution is 5.85. The van der Waals surface area contributed by atoms with Crippen molar-refractivity contribution >= 4 is 23.3 Å². The predicted molar refractivity (Wildman–Crippen MR) is 95.1 cm³/mol. The molecule has 1 unspecified atom stereocenters. The van der Waals surface area contributed by atoms with E-state index >= 15 is 0 Å². The Morgan fingerprint density at radius 2 is 1.91 bits per heavy atom. The van der Waals surface area contributed by atoms with Crippen molar-refractivity contribution in [3.8, 4) is 5.75 Å². The van der Waals surface area contributed by atoms with Crippen molar-refractivity contribution in [3.63, 3.8) is 0 Å². The molecule has 0 amide bonds. The van der Waals surface area contributed by atoms with Gasteiger partial charge in [0.15, 0.2) is 0 Å². The van der Waals surface area contributed by atoms with Crippen molar-refractivity contribution in [1.82, 2.24) is 4.98 Å². The van der Waals surface area contributed by atoms with Crippen LogP contribution in [0.2, 0.25) is 0 Å². The van der Waals surface area contributed by atoms with Crippen LogP contribution in [0.15, 0.2) is 54.7 Å². The smallest absolute Gasteiger partial charge is 0.201 e. The summed E-state index contributed by atoms with van der Waals surface area (Å²) in [6.45, 7) is 0.606. The molecule has 5 heteroatoms. The maximum absolute atomic E-state index is 10.1. The van der Waals surface area contributed by atoms with Crippen LogP contribution in [0.25, 0.3) is 10.9 Å². The second-order valence-corrected chi connectivity index (χ2v) is 5.32. The first-order valence-corrected chi connectivity index (χ1v) is 7.45. The quantitative estimate of drug-likeness (QED) is 0.608. The van der Waals surface area contributed by atoms with Crippen molar-refractivity contribution in [1.29, 1.82) is 0 Å². The van der Waals surface area contributed by atoms with Gasteiger partial charge in [0.05, 0.1) is 0 Å². The Hall–Kier alpha value is -2.01. The maximum Gasteiger partial charge on any atom is 0.201 e. The number of hydrogen-bond acceptors (Lipinski definition) is 3. The first-order chi connectivity index (χ1) is 10.8. The number of benzene rings is 2. The summed E-state index contributed by atoms with van der Waals surface area (Å²) in [4.78, 5) is 3.22. The Balaban J connectivity index is 0.00000192. The molecule has 0 saturated carbocycles. The Morgan fingerprint density at radius 3 is 2.65 bits per heavy atom. The number of nitrogens with one attached hydrogen (secondary N) is 1. The average molecular weight is 333 g/mol. The molecule has 1 heterocycles. The standard InChI is InChI=1S/C18H20N2O2.ClH/c19-9-8-14-12-20-17-7-6-15(11-16(14)17)22-18(21)10-13-4-2-1-3-5-13;/h1-7,11-12,18,20-21H,8-10,19H2;1H. The summed E-state index contributed by atoms with van der Waals surface area (Å²) >= 11 is 0. The van der Waals surface area contributed by atoms with Crippen LogP contribution in [0.5, 0.6) is 5.75 Å². The van der Waals surface area contributed by atoms with E-state index in [2.05, 4.69) is 4.98 Å². The molecule has 1 aromatic heterocycles. The number of nitrogens with two attached hydrogens (primary N) is 1. The average Bonchev–Trinajstić information content (AvgIpc) is 2.91.